The molecule has 0 spiro atoms. The second kappa shape index (κ2) is 2.37. The topological polar surface area (TPSA) is 29.1 Å². The number of carbonyl (C=O) groups is 1. The highest BCUT2D eigenvalue weighted by Crippen LogP contribution is 2.53. The van der Waals surface area contributed by atoms with Crippen LogP contribution in [0.4, 0.5) is 0 Å². The van der Waals surface area contributed by atoms with Crippen molar-refractivity contribution in [2.45, 2.75) is 25.7 Å². The van der Waals surface area contributed by atoms with E-state index in [1.807, 2.05) is 0 Å². The predicted octanol–water partition coefficient (Wildman–Crippen LogP) is 1.68. The minimum Gasteiger partial charge on any atom is -0.330 e. The van der Waals surface area contributed by atoms with Gasteiger partial charge in [-0.15, -0.1) is 0 Å². The van der Waals surface area contributed by atoms with Crippen LogP contribution in [-0.4, -0.2) is 5.91 Å². The standard InChI is InChI=1S/C11H15NO/c1-6-9-7-2-4-8(5-3-7)10(9)11(13)12-6/h7-10H,1-5H2,(H,12,13). The van der Waals surface area contributed by atoms with Crippen LogP contribution in [0.2, 0.25) is 0 Å². The van der Waals surface area contributed by atoms with E-state index in [-0.39, 0.29) is 5.91 Å². The summed E-state index contributed by atoms with van der Waals surface area (Å²) in [7, 11) is 0. The van der Waals surface area contributed by atoms with Gasteiger partial charge in [0.25, 0.3) is 0 Å². The van der Waals surface area contributed by atoms with Crippen LogP contribution in [0.15, 0.2) is 12.3 Å². The quantitative estimate of drug-likeness (QED) is 0.599. The lowest BCUT2D eigenvalue weighted by molar-refractivity contribution is -0.127. The highest BCUT2D eigenvalue weighted by Gasteiger charge is 2.51. The van der Waals surface area contributed by atoms with Gasteiger partial charge in [-0.25, -0.2) is 0 Å². The molecule has 4 fully saturated rings. The van der Waals surface area contributed by atoms with Crippen molar-refractivity contribution in [3.05, 3.63) is 12.3 Å². The molecule has 1 amide bonds. The van der Waals surface area contributed by atoms with Crippen molar-refractivity contribution in [1.29, 1.82) is 0 Å². The van der Waals surface area contributed by atoms with Gasteiger partial charge in [0.05, 0.1) is 0 Å². The lowest BCUT2D eigenvalue weighted by atomic mass is 9.59. The summed E-state index contributed by atoms with van der Waals surface area (Å²) in [6, 6.07) is 0. The molecule has 3 aliphatic carbocycles. The Bertz CT molecular complexity index is 248. The molecule has 2 bridgehead atoms. The molecule has 2 atom stereocenters. The van der Waals surface area contributed by atoms with Crippen LogP contribution in [0.25, 0.3) is 0 Å². The molecule has 1 N–H and O–H groups in total. The Morgan fingerprint density at radius 2 is 1.62 bits per heavy atom. The molecule has 0 aromatic heterocycles. The Labute approximate surface area is 78.4 Å². The molecule has 0 aromatic carbocycles. The fourth-order valence-corrected chi connectivity index (χ4v) is 3.65. The first-order valence-corrected chi connectivity index (χ1v) is 5.27. The van der Waals surface area contributed by atoms with Crippen LogP contribution in [0, 0.1) is 23.7 Å². The Kier molecular flexibility index (Phi) is 1.38. The summed E-state index contributed by atoms with van der Waals surface area (Å²) in [5.74, 6) is 2.44. The van der Waals surface area contributed by atoms with Gasteiger partial charge in [0.1, 0.15) is 0 Å². The summed E-state index contributed by atoms with van der Waals surface area (Å²) in [6.07, 6.45) is 5.18. The molecule has 1 heterocycles. The molecule has 1 aliphatic heterocycles. The maximum Gasteiger partial charge on any atom is 0.228 e. The van der Waals surface area contributed by atoms with Gasteiger partial charge in [-0.05, 0) is 37.5 Å². The summed E-state index contributed by atoms with van der Waals surface area (Å²) in [4.78, 5) is 11.6. The maximum absolute atomic E-state index is 11.6. The normalized spacial score (nSPS) is 47.7. The average molecular weight is 177 g/mol. The lowest BCUT2D eigenvalue weighted by Crippen LogP contribution is -2.40. The molecule has 2 nitrogen and oxygen atoms in total. The van der Waals surface area contributed by atoms with Crippen molar-refractivity contribution in [3.8, 4) is 0 Å². The second-order valence-corrected chi connectivity index (χ2v) is 4.74. The summed E-state index contributed by atoms with van der Waals surface area (Å²) in [6.45, 7) is 3.98. The van der Waals surface area contributed by atoms with E-state index in [1.165, 1.54) is 25.7 Å². The van der Waals surface area contributed by atoms with E-state index in [1.54, 1.807) is 0 Å². The van der Waals surface area contributed by atoms with Crippen LogP contribution in [0.1, 0.15) is 25.7 Å². The predicted molar refractivity (Wildman–Crippen MR) is 49.7 cm³/mol. The van der Waals surface area contributed by atoms with E-state index >= 15 is 0 Å². The van der Waals surface area contributed by atoms with Gasteiger partial charge in [-0.3, -0.25) is 4.79 Å². The number of carbonyl (C=O) groups excluding carboxylic acids is 1. The summed E-state index contributed by atoms with van der Waals surface area (Å²) < 4.78 is 0. The highest BCUT2D eigenvalue weighted by molar-refractivity contribution is 5.85. The van der Waals surface area contributed by atoms with Crippen molar-refractivity contribution in [2.75, 3.05) is 0 Å². The van der Waals surface area contributed by atoms with Crippen molar-refractivity contribution < 1.29 is 4.79 Å². The number of allylic oxidation sites excluding steroid dienone is 1. The number of amides is 1. The Hall–Kier alpha value is -0.790. The zero-order chi connectivity index (χ0) is 9.00. The minimum atomic E-state index is 0.254. The van der Waals surface area contributed by atoms with Crippen LogP contribution in [0.5, 0.6) is 0 Å². The van der Waals surface area contributed by atoms with Gasteiger partial charge >= 0.3 is 0 Å². The monoisotopic (exact) mass is 177 g/mol. The molecular formula is C11H15NO. The Morgan fingerprint density at radius 3 is 2.15 bits per heavy atom. The van der Waals surface area contributed by atoms with Gasteiger partial charge in [0.2, 0.25) is 5.91 Å². The first-order chi connectivity index (χ1) is 6.27. The van der Waals surface area contributed by atoms with Crippen molar-refractivity contribution in [2.24, 2.45) is 23.7 Å². The van der Waals surface area contributed by atoms with E-state index < -0.39 is 0 Å². The third-order valence-electron chi connectivity index (χ3n) is 4.21. The van der Waals surface area contributed by atoms with Crippen molar-refractivity contribution in [3.63, 3.8) is 0 Å². The van der Waals surface area contributed by atoms with Crippen LogP contribution < -0.4 is 5.32 Å². The van der Waals surface area contributed by atoms with Gasteiger partial charge in [-0.2, -0.15) is 0 Å². The molecule has 1 saturated heterocycles. The molecule has 3 saturated carbocycles. The Balaban J connectivity index is 2.00. The van der Waals surface area contributed by atoms with Gasteiger partial charge in [0.15, 0.2) is 0 Å². The van der Waals surface area contributed by atoms with Gasteiger partial charge in [-0.1, -0.05) is 6.58 Å². The van der Waals surface area contributed by atoms with E-state index in [2.05, 4.69) is 11.9 Å². The average Bonchev–Trinajstić information content (AvgIpc) is 2.47. The molecule has 0 radical (unpaired) electrons. The molecule has 13 heavy (non-hydrogen) atoms. The molecule has 4 aliphatic rings. The van der Waals surface area contributed by atoms with E-state index in [9.17, 15) is 4.79 Å². The van der Waals surface area contributed by atoms with Crippen LogP contribution in [0.3, 0.4) is 0 Å². The largest absolute Gasteiger partial charge is 0.330 e. The third kappa shape index (κ3) is 0.862. The third-order valence-corrected chi connectivity index (χ3v) is 4.21. The summed E-state index contributed by atoms with van der Waals surface area (Å²) in [5, 5.41) is 2.93. The van der Waals surface area contributed by atoms with E-state index in [0.29, 0.717) is 17.8 Å². The fourth-order valence-electron chi connectivity index (χ4n) is 3.65. The minimum absolute atomic E-state index is 0.254. The van der Waals surface area contributed by atoms with Crippen molar-refractivity contribution >= 4 is 5.91 Å². The highest BCUT2D eigenvalue weighted by atomic mass is 16.2. The van der Waals surface area contributed by atoms with Crippen LogP contribution >= 0.6 is 0 Å². The summed E-state index contributed by atoms with van der Waals surface area (Å²) in [5.41, 5.74) is 1.00. The molecule has 2 unspecified atom stereocenters. The zero-order valence-corrected chi connectivity index (χ0v) is 7.75. The Morgan fingerprint density at radius 1 is 1.08 bits per heavy atom. The smallest absolute Gasteiger partial charge is 0.228 e. The van der Waals surface area contributed by atoms with Gasteiger partial charge < -0.3 is 5.32 Å². The lowest BCUT2D eigenvalue weighted by Gasteiger charge is -2.44. The van der Waals surface area contributed by atoms with E-state index in [4.69, 9.17) is 0 Å². The molecule has 70 valence electrons. The van der Waals surface area contributed by atoms with Crippen molar-refractivity contribution in [1.82, 2.24) is 5.32 Å². The number of rotatable bonds is 0. The molecule has 2 heteroatoms. The first-order valence-electron chi connectivity index (χ1n) is 5.27. The second-order valence-electron chi connectivity index (χ2n) is 4.74. The first kappa shape index (κ1) is 7.60. The molecule has 4 rings (SSSR count). The molecule has 0 aromatic rings. The maximum atomic E-state index is 11.6. The zero-order valence-electron chi connectivity index (χ0n) is 7.75. The molecular weight excluding hydrogens is 162 g/mol. The SMILES string of the molecule is C=C1NC(=O)C2C3CCC(CC3)C12. The van der Waals surface area contributed by atoms with Crippen LogP contribution in [-0.2, 0) is 4.79 Å². The summed E-state index contributed by atoms with van der Waals surface area (Å²) >= 11 is 0. The number of hydrogen-bond donors (Lipinski definition) is 1. The number of fused-ring (bicyclic) bond motifs is 2. The van der Waals surface area contributed by atoms with Gasteiger partial charge in [0, 0.05) is 17.5 Å². The number of hydrogen-bond acceptors (Lipinski definition) is 1. The fraction of sp³-hybridized carbons (Fsp3) is 0.727. The number of nitrogens with one attached hydrogen (secondary N) is 1. The van der Waals surface area contributed by atoms with E-state index in [0.717, 1.165) is 11.6 Å².